The first-order valence-electron chi connectivity index (χ1n) is 4.50. The van der Waals surface area contributed by atoms with Crippen LogP contribution in [0.15, 0.2) is 12.2 Å². The van der Waals surface area contributed by atoms with Crippen molar-refractivity contribution in [3.05, 3.63) is 12.2 Å². The van der Waals surface area contributed by atoms with E-state index in [0.29, 0.717) is 6.42 Å². The fourth-order valence-electron chi connectivity index (χ4n) is 1.62. The van der Waals surface area contributed by atoms with Crippen LogP contribution in [0.3, 0.4) is 0 Å². The van der Waals surface area contributed by atoms with Crippen LogP contribution in [0.1, 0.15) is 26.7 Å². The highest BCUT2D eigenvalue weighted by Gasteiger charge is 2.41. The summed E-state index contributed by atoms with van der Waals surface area (Å²) in [5.74, 6) is -0.572. The summed E-state index contributed by atoms with van der Waals surface area (Å²) in [4.78, 5) is 21.6. The average molecular weight is 198 g/mol. The van der Waals surface area contributed by atoms with E-state index in [1.165, 1.54) is 13.8 Å². The summed E-state index contributed by atoms with van der Waals surface area (Å²) in [5.41, 5.74) is -1.24. The quantitative estimate of drug-likeness (QED) is 0.532. The van der Waals surface area contributed by atoms with Gasteiger partial charge in [-0.3, -0.25) is 9.59 Å². The molecule has 0 aromatic rings. The molecule has 1 rings (SSSR count). The Hall–Kier alpha value is -1.16. The molecule has 0 aromatic carbocycles. The number of hydrogen-bond acceptors (Lipinski definition) is 4. The van der Waals surface area contributed by atoms with Crippen LogP contribution in [0.5, 0.6) is 0 Å². The summed E-state index contributed by atoms with van der Waals surface area (Å²) in [6, 6.07) is 0. The highest BCUT2D eigenvalue weighted by molar-refractivity contribution is 5.77. The Kier molecular flexibility index (Phi) is 3.06. The molecule has 0 aliphatic heterocycles. The minimum atomic E-state index is -1.24. The van der Waals surface area contributed by atoms with Gasteiger partial charge in [-0.15, -0.1) is 0 Å². The van der Waals surface area contributed by atoms with Gasteiger partial charge < -0.3 is 9.84 Å². The van der Waals surface area contributed by atoms with Crippen LogP contribution in [0.2, 0.25) is 0 Å². The maximum absolute atomic E-state index is 10.9. The van der Waals surface area contributed by atoms with Crippen molar-refractivity contribution < 1.29 is 19.4 Å². The van der Waals surface area contributed by atoms with E-state index in [1.54, 1.807) is 12.2 Å². The molecule has 0 heterocycles. The van der Waals surface area contributed by atoms with Crippen LogP contribution in [-0.2, 0) is 14.3 Å². The fourth-order valence-corrected chi connectivity index (χ4v) is 1.62. The molecule has 4 heteroatoms. The topological polar surface area (TPSA) is 63.6 Å². The maximum Gasteiger partial charge on any atom is 0.303 e. The molecule has 2 unspecified atom stereocenters. The highest BCUT2D eigenvalue weighted by atomic mass is 16.6. The van der Waals surface area contributed by atoms with Crippen LogP contribution in [0.4, 0.5) is 0 Å². The predicted octanol–water partition coefficient (Wildman–Crippen LogP) is 0.588. The van der Waals surface area contributed by atoms with E-state index in [0.717, 1.165) is 0 Å². The standard InChI is InChI=1S/C10H14O4/c1-7(11)6-10(13)5-3-4-9(10)14-8(2)12/h3-4,9,13H,5-6H2,1-2H3. The zero-order valence-corrected chi connectivity index (χ0v) is 8.32. The molecule has 1 aliphatic rings. The molecule has 0 saturated carbocycles. The van der Waals surface area contributed by atoms with E-state index < -0.39 is 17.7 Å². The second-order valence-electron chi connectivity index (χ2n) is 3.64. The number of carbonyl (C=O) groups is 2. The minimum Gasteiger partial charge on any atom is -0.455 e. The summed E-state index contributed by atoms with van der Waals surface area (Å²) < 4.78 is 4.90. The number of rotatable bonds is 3. The molecule has 0 saturated heterocycles. The monoisotopic (exact) mass is 198 g/mol. The Bertz CT molecular complexity index is 282. The Morgan fingerprint density at radius 3 is 2.71 bits per heavy atom. The van der Waals surface area contributed by atoms with Gasteiger partial charge in [0.25, 0.3) is 0 Å². The van der Waals surface area contributed by atoms with Gasteiger partial charge in [-0.2, -0.15) is 0 Å². The summed E-state index contributed by atoms with van der Waals surface area (Å²) >= 11 is 0. The Morgan fingerprint density at radius 2 is 2.21 bits per heavy atom. The van der Waals surface area contributed by atoms with Crippen molar-refractivity contribution >= 4 is 11.8 Å². The SMILES string of the molecule is CC(=O)CC1(O)CC=CC1OC(C)=O. The third kappa shape index (κ3) is 2.42. The van der Waals surface area contributed by atoms with E-state index in [9.17, 15) is 14.7 Å². The third-order valence-corrected chi connectivity index (χ3v) is 2.16. The number of Topliss-reactive ketones (excluding diaryl/α,β-unsaturated/α-hetero) is 1. The Morgan fingerprint density at radius 1 is 1.57 bits per heavy atom. The number of hydrogen-bond donors (Lipinski definition) is 1. The highest BCUT2D eigenvalue weighted by Crippen LogP contribution is 2.30. The first-order chi connectivity index (χ1) is 6.44. The molecule has 78 valence electrons. The van der Waals surface area contributed by atoms with Gasteiger partial charge in [0.15, 0.2) is 0 Å². The summed E-state index contributed by atoms with van der Waals surface area (Å²) in [7, 11) is 0. The summed E-state index contributed by atoms with van der Waals surface area (Å²) in [6.45, 7) is 2.68. The number of carbonyl (C=O) groups excluding carboxylic acids is 2. The van der Waals surface area contributed by atoms with Gasteiger partial charge in [0.05, 0.1) is 0 Å². The molecule has 1 aliphatic carbocycles. The summed E-state index contributed by atoms with van der Waals surface area (Å²) in [5, 5.41) is 10.0. The van der Waals surface area contributed by atoms with Crippen LogP contribution in [0, 0.1) is 0 Å². The second-order valence-corrected chi connectivity index (χ2v) is 3.64. The molecule has 4 nitrogen and oxygen atoms in total. The third-order valence-electron chi connectivity index (χ3n) is 2.16. The van der Waals surface area contributed by atoms with E-state index >= 15 is 0 Å². The van der Waals surface area contributed by atoms with Gasteiger partial charge >= 0.3 is 5.97 Å². The molecule has 0 spiro atoms. The smallest absolute Gasteiger partial charge is 0.303 e. The largest absolute Gasteiger partial charge is 0.455 e. The molecule has 0 bridgehead atoms. The number of aliphatic hydroxyl groups is 1. The van der Waals surface area contributed by atoms with Gasteiger partial charge in [-0.05, 0) is 19.4 Å². The van der Waals surface area contributed by atoms with Crippen LogP contribution in [0.25, 0.3) is 0 Å². The van der Waals surface area contributed by atoms with Crippen molar-refractivity contribution in [3.8, 4) is 0 Å². The van der Waals surface area contributed by atoms with Gasteiger partial charge in [-0.25, -0.2) is 0 Å². The van der Waals surface area contributed by atoms with Crippen molar-refractivity contribution in [2.45, 2.75) is 38.4 Å². The van der Waals surface area contributed by atoms with E-state index in [2.05, 4.69) is 0 Å². The normalized spacial score (nSPS) is 30.4. The lowest BCUT2D eigenvalue weighted by atomic mass is 9.92. The number of ether oxygens (including phenoxy) is 1. The lowest BCUT2D eigenvalue weighted by molar-refractivity contribution is -0.157. The molecule has 2 atom stereocenters. The molecule has 0 fully saturated rings. The van der Waals surface area contributed by atoms with Gasteiger partial charge in [0, 0.05) is 13.3 Å². The number of esters is 1. The fraction of sp³-hybridized carbons (Fsp3) is 0.600. The predicted molar refractivity (Wildman–Crippen MR) is 49.6 cm³/mol. The lowest BCUT2D eigenvalue weighted by Gasteiger charge is -2.28. The molecule has 0 aromatic heterocycles. The van der Waals surface area contributed by atoms with E-state index in [1.807, 2.05) is 0 Å². The van der Waals surface area contributed by atoms with Crippen molar-refractivity contribution in [2.75, 3.05) is 0 Å². The summed E-state index contributed by atoms with van der Waals surface area (Å²) in [6.07, 6.45) is 3.01. The lowest BCUT2D eigenvalue weighted by Crippen LogP contribution is -2.42. The van der Waals surface area contributed by atoms with E-state index in [4.69, 9.17) is 4.74 Å². The molecule has 0 radical (unpaired) electrons. The molecule has 1 N–H and O–H groups in total. The first-order valence-corrected chi connectivity index (χ1v) is 4.50. The van der Waals surface area contributed by atoms with Gasteiger partial charge in [0.1, 0.15) is 17.5 Å². The minimum absolute atomic E-state index is 0.0119. The van der Waals surface area contributed by atoms with Gasteiger partial charge in [0.2, 0.25) is 0 Å². The Balaban J connectivity index is 2.68. The van der Waals surface area contributed by atoms with Gasteiger partial charge in [-0.1, -0.05) is 6.08 Å². The Labute approximate surface area is 82.6 Å². The molecule has 14 heavy (non-hydrogen) atoms. The molecular weight excluding hydrogens is 184 g/mol. The van der Waals surface area contributed by atoms with Crippen LogP contribution < -0.4 is 0 Å². The second kappa shape index (κ2) is 3.92. The van der Waals surface area contributed by atoms with Crippen LogP contribution in [-0.4, -0.2) is 28.6 Å². The molecular formula is C10H14O4. The first kappa shape index (κ1) is 10.9. The molecule has 0 amide bonds. The van der Waals surface area contributed by atoms with Crippen molar-refractivity contribution in [3.63, 3.8) is 0 Å². The van der Waals surface area contributed by atoms with Crippen LogP contribution >= 0.6 is 0 Å². The zero-order valence-electron chi connectivity index (χ0n) is 8.32. The number of ketones is 1. The van der Waals surface area contributed by atoms with Crippen molar-refractivity contribution in [1.29, 1.82) is 0 Å². The zero-order chi connectivity index (χ0) is 10.8. The van der Waals surface area contributed by atoms with Crippen molar-refractivity contribution in [2.24, 2.45) is 0 Å². The van der Waals surface area contributed by atoms with Crippen molar-refractivity contribution in [1.82, 2.24) is 0 Å². The average Bonchev–Trinajstić information content (AvgIpc) is 2.29. The van der Waals surface area contributed by atoms with E-state index in [-0.39, 0.29) is 12.2 Å². The maximum atomic E-state index is 10.9.